The fraction of sp³-hybridized carbons (Fsp3) is 0.567. The molecule has 0 radical (unpaired) electrons. The summed E-state index contributed by atoms with van der Waals surface area (Å²) >= 11 is 0. The predicted octanol–water partition coefficient (Wildman–Crippen LogP) is 3.92. The van der Waals surface area contributed by atoms with Gasteiger partial charge in [-0.15, -0.1) is 0 Å². The van der Waals surface area contributed by atoms with Gasteiger partial charge in [0.05, 0.1) is 35.8 Å². The molecule has 2 aliphatic heterocycles. The van der Waals surface area contributed by atoms with Crippen LogP contribution in [0.1, 0.15) is 96.5 Å². The highest BCUT2D eigenvalue weighted by molar-refractivity contribution is 6.01. The molecule has 2 aromatic rings. The maximum Gasteiger partial charge on any atom is 0.323 e. The largest absolute Gasteiger partial charge is 0.461 e. The smallest absolute Gasteiger partial charge is 0.323 e. The molecule has 10 heteroatoms. The molecule has 2 fully saturated rings. The maximum atomic E-state index is 15.6. The highest BCUT2D eigenvalue weighted by atomic mass is 19.1. The molecule has 4 N–H and O–H groups in total. The highest BCUT2D eigenvalue weighted by Gasteiger charge is 2.39. The lowest BCUT2D eigenvalue weighted by Gasteiger charge is -2.31. The molecule has 3 heterocycles. The summed E-state index contributed by atoms with van der Waals surface area (Å²) in [5.74, 6) is -1.67. The first kappa shape index (κ1) is 27.0. The minimum Gasteiger partial charge on any atom is -0.461 e. The number of primary amides is 1. The Kier molecular flexibility index (Phi) is 6.94. The number of benzene rings is 1. The summed E-state index contributed by atoms with van der Waals surface area (Å²) in [5, 5.41) is 6.54. The van der Waals surface area contributed by atoms with Crippen LogP contribution in [0.5, 0.6) is 0 Å². The van der Waals surface area contributed by atoms with E-state index in [1.807, 2.05) is 4.57 Å². The van der Waals surface area contributed by atoms with E-state index in [2.05, 4.69) is 24.5 Å². The van der Waals surface area contributed by atoms with Crippen molar-refractivity contribution in [1.82, 2.24) is 9.88 Å². The molecule has 40 heavy (non-hydrogen) atoms. The van der Waals surface area contributed by atoms with Gasteiger partial charge in [0.1, 0.15) is 18.0 Å². The second-order valence-corrected chi connectivity index (χ2v) is 12.4. The van der Waals surface area contributed by atoms with E-state index in [1.165, 1.54) is 6.07 Å². The Morgan fingerprint density at radius 2 is 1.90 bits per heavy atom. The topological polar surface area (TPSA) is 125 Å². The zero-order chi connectivity index (χ0) is 28.2. The van der Waals surface area contributed by atoms with E-state index < -0.39 is 11.7 Å². The molecule has 0 bridgehead atoms. The molecule has 1 saturated heterocycles. The molecule has 214 valence electrons. The number of amides is 1. The average Bonchev–Trinajstić information content (AvgIpc) is 3.61. The fourth-order valence-electron chi connectivity index (χ4n) is 6.90. The third kappa shape index (κ3) is 4.92. The van der Waals surface area contributed by atoms with Crippen LogP contribution in [0.15, 0.2) is 12.1 Å². The Balaban J connectivity index is 1.27. The van der Waals surface area contributed by atoms with E-state index in [-0.39, 0.29) is 40.9 Å². The molecule has 0 spiro atoms. The number of aromatic nitrogens is 1. The molecule has 6 rings (SSSR count). The standard InChI is InChI=1S/C30H37FN4O5/c1-30(2)12-23-26(25(36)13-30)19-14-39-15-24(19)35(23)17-10-20(31)27(28(32)37)22(11-17)34-16-5-7-18(8-6-16)40-29(38)21-4-3-9-33-21/h10-11,16,18,21,33-34H,3-9,12-15H2,1-2H3,(H2,32,37)/t16?,18?,21-/m0/s1. The Morgan fingerprint density at radius 1 is 1.12 bits per heavy atom. The zero-order valence-electron chi connectivity index (χ0n) is 23.1. The average molecular weight is 553 g/mol. The number of hydrogen-bond donors (Lipinski definition) is 3. The Hall–Kier alpha value is -3.24. The number of carbonyl (C=O) groups is 3. The summed E-state index contributed by atoms with van der Waals surface area (Å²) in [5.41, 5.74) is 9.37. The molecule has 1 saturated carbocycles. The molecule has 1 aromatic carbocycles. The lowest BCUT2D eigenvalue weighted by molar-refractivity contribution is -0.152. The van der Waals surface area contributed by atoms with Gasteiger partial charge in [-0.3, -0.25) is 14.4 Å². The van der Waals surface area contributed by atoms with Gasteiger partial charge >= 0.3 is 5.97 Å². The highest BCUT2D eigenvalue weighted by Crippen LogP contribution is 2.43. The van der Waals surface area contributed by atoms with Crippen molar-refractivity contribution in [3.8, 4) is 5.69 Å². The third-order valence-corrected chi connectivity index (χ3v) is 8.77. The summed E-state index contributed by atoms with van der Waals surface area (Å²) in [6, 6.07) is 2.82. The molecular weight excluding hydrogens is 515 g/mol. The minimum absolute atomic E-state index is 0.0413. The van der Waals surface area contributed by atoms with Crippen LogP contribution in [0.4, 0.5) is 10.1 Å². The Labute approximate surface area is 232 Å². The number of nitrogens with zero attached hydrogens (tertiary/aromatic N) is 1. The van der Waals surface area contributed by atoms with E-state index in [9.17, 15) is 14.4 Å². The molecule has 9 nitrogen and oxygen atoms in total. The molecular formula is C30H37FN4O5. The second-order valence-electron chi connectivity index (χ2n) is 12.4. The number of fused-ring (bicyclic) bond motifs is 3. The van der Waals surface area contributed by atoms with Gasteiger partial charge in [-0.05, 0) is 69.0 Å². The molecule has 1 atom stereocenters. The number of nitrogens with one attached hydrogen (secondary N) is 2. The lowest BCUT2D eigenvalue weighted by atomic mass is 9.75. The number of esters is 1. The van der Waals surface area contributed by atoms with Crippen molar-refractivity contribution < 1.29 is 28.2 Å². The fourth-order valence-corrected chi connectivity index (χ4v) is 6.90. The van der Waals surface area contributed by atoms with Crippen molar-refractivity contribution >= 4 is 23.3 Å². The maximum absolute atomic E-state index is 15.6. The van der Waals surface area contributed by atoms with Crippen molar-refractivity contribution in [2.24, 2.45) is 11.1 Å². The summed E-state index contributed by atoms with van der Waals surface area (Å²) < 4.78 is 28.9. The van der Waals surface area contributed by atoms with Crippen LogP contribution in [-0.4, -0.2) is 47.0 Å². The van der Waals surface area contributed by atoms with Gasteiger partial charge in [-0.2, -0.15) is 0 Å². The number of nitrogens with two attached hydrogens (primary N) is 1. The van der Waals surface area contributed by atoms with Gasteiger partial charge in [0.2, 0.25) is 0 Å². The molecule has 2 aliphatic carbocycles. The molecule has 1 aromatic heterocycles. The van der Waals surface area contributed by atoms with Crippen LogP contribution < -0.4 is 16.4 Å². The van der Waals surface area contributed by atoms with Crippen molar-refractivity contribution in [3.63, 3.8) is 0 Å². The van der Waals surface area contributed by atoms with Gasteiger partial charge in [-0.1, -0.05) is 13.8 Å². The number of anilines is 1. The number of halogens is 1. The van der Waals surface area contributed by atoms with E-state index in [4.69, 9.17) is 15.2 Å². The number of rotatable bonds is 6. The summed E-state index contributed by atoms with van der Waals surface area (Å²) in [7, 11) is 0. The van der Waals surface area contributed by atoms with Crippen molar-refractivity contribution in [1.29, 1.82) is 0 Å². The molecule has 4 aliphatic rings. The summed E-state index contributed by atoms with van der Waals surface area (Å²) in [4.78, 5) is 37.9. The van der Waals surface area contributed by atoms with Crippen molar-refractivity contribution in [2.45, 2.75) is 96.6 Å². The number of Topliss-reactive ketones (excluding diaryl/α,β-unsaturated/α-hetero) is 1. The normalized spacial score (nSPS) is 25.4. The van der Waals surface area contributed by atoms with Crippen LogP contribution in [0, 0.1) is 11.2 Å². The van der Waals surface area contributed by atoms with E-state index in [0.29, 0.717) is 68.7 Å². The van der Waals surface area contributed by atoms with E-state index >= 15 is 4.39 Å². The van der Waals surface area contributed by atoms with Gasteiger partial charge in [0.25, 0.3) is 5.91 Å². The van der Waals surface area contributed by atoms with Gasteiger partial charge in [0.15, 0.2) is 5.78 Å². The number of carbonyl (C=O) groups excluding carboxylic acids is 3. The Bertz CT molecular complexity index is 1370. The van der Waals surface area contributed by atoms with Crippen LogP contribution in [0.2, 0.25) is 0 Å². The monoisotopic (exact) mass is 552 g/mol. The molecule has 1 amide bonds. The van der Waals surface area contributed by atoms with Crippen LogP contribution in [0.3, 0.4) is 0 Å². The molecule has 0 unspecified atom stereocenters. The minimum atomic E-state index is -0.849. The first-order valence-electron chi connectivity index (χ1n) is 14.3. The first-order valence-corrected chi connectivity index (χ1v) is 14.3. The van der Waals surface area contributed by atoms with Crippen molar-refractivity contribution in [2.75, 3.05) is 11.9 Å². The Morgan fingerprint density at radius 3 is 2.60 bits per heavy atom. The van der Waals surface area contributed by atoms with Gasteiger partial charge < -0.3 is 30.4 Å². The SMILES string of the molecule is CC1(C)CC(=O)c2c3c(n(-c4cc(F)c(C(N)=O)c(NC5CCC(OC(=O)[C@@H]6CCCN6)CC5)c4)c2C1)COC3. The predicted molar refractivity (Wildman–Crippen MR) is 146 cm³/mol. The quantitative estimate of drug-likeness (QED) is 0.464. The van der Waals surface area contributed by atoms with Crippen LogP contribution in [-0.2, 0) is 33.9 Å². The second kappa shape index (κ2) is 10.3. The van der Waals surface area contributed by atoms with Gasteiger partial charge in [0, 0.05) is 29.3 Å². The van der Waals surface area contributed by atoms with Gasteiger partial charge in [-0.25, -0.2) is 4.39 Å². The first-order chi connectivity index (χ1) is 19.1. The lowest BCUT2D eigenvalue weighted by Crippen LogP contribution is -2.37. The van der Waals surface area contributed by atoms with E-state index in [1.54, 1.807) is 6.07 Å². The third-order valence-electron chi connectivity index (χ3n) is 8.77. The number of hydrogen-bond acceptors (Lipinski definition) is 7. The number of ketones is 1. The zero-order valence-corrected chi connectivity index (χ0v) is 23.1. The van der Waals surface area contributed by atoms with E-state index in [0.717, 1.165) is 36.3 Å². The summed E-state index contributed by atoms with van der Waals surface area (Å²) in [6.07, 6.45) is 5.50. The number of ether oxygens (including phenoxy) is 2. The summed E-state index contributed by atoms with van der Waals surface area (Å²) in [6.45, 7) is 5.65. The van der Waals surface area contributed by atoms with Crippen LogP contribution >= 0.6 is 0 Å². The van der Waals surface area contributed by atoms with Crippen molar-refractivity contribution in [3.05, 3.63) is 46.0 Å². The van der Waals surface area contributed by atoms with Crippen LogP contribution in [0.25, 0.3) is 5.69 Å².